The van der Waals surface area contributed by atoms with Gasteiger partial charge < -0.3 is 14.8 Å². The minimum atomic E-state index is -0.156. The number of hydrogen-bond acceptors (Lipinski definition) is 3. The van der Waals surface area contributed by atoms with Gasteiger partial charge in [-0.25, -0.2) is 0 Å². The molecule has 1 amide bonds. The molecule has 0 aliphatic rings. The summed E-state index contributed by atoms with van der Waals surface area (Å²) in [6, 6.07) is 22.3. The van der Waals surface area contributed by atoms with Gasteiger partial charge >= 0.3 is 0 Å². The highest BCUT2D eigenvalue weighted by atomic mass is 35.5. The lowest BCUT2D eigenvalue weighted by molar-refractivity contribution is 0.0939. The molecule has 5 heteroatoms. The maximum Gasteiger partial charge on any atom is 0.251 e. The van der Waals surface area contributed by atoms with Gasteiger partial charge in [-0.2, -0.15) is 0 Å². The molecule has 0 heterocycles. The second-order valence-electron chi connectivity index (χ2n) is 6.60. The van der Waals surface area contributed by atoms with Gasteiger partial charge in [0, 0.05) is 16.1 Å². The molecule has 0 aliphatic heterocycles. The number of ether oxygens (including phenoxy) is 2. The molecular formula is C24H24ClNO3. The van der Waals surface area contributed by atoms with Crippen molar-refractivity contribution in [1.29, 1.82) is 0 Å². The summed E-state index contributed by atoms with van der Waals surface area (Å²) in [5.74, 6) is 1.32. The number of benzene rings is 3. The molecule has 29 heavy (non-hydrogen) atoms. The van der Waals surface area contributed by atoms with Gasteiger partial charge in [-0.3, -0.25) is 4.79 Å². The van der Waals surface area contributed by atoms with E-state index in [-0.39, 0.29) is 11.9 Å². The van der Waals surface area contributed by atoms with Crippen LogP contribution in [0.25, 0.3) is 0 Å². The minimum absolute atomic E-state index is 0.143. The summed E-state index contributed by atoms with van der Waals surface area (Å²) in [6.45, 7) is 4.72. The van der Waals surface area contributed by atoms with Crippen LogP contribution in [0.5, 0.6) is 11.5 Å². The van der Waals surface area contributed by atoms with E-state index >= 15 is 0 Å². The number of carbonyl (C=O) groups excluding carboxylic acids is 1. The van der Waals surface area contributed by atoms with Crippen LogP contribution in [0.2, 0.25) is 5.02 Å². The Bertz CT molecular complexity index is 942. The van der Waals surface area contributed by atoms with Gasteiger partial charge in [0.05, 0.1) is 12.6 Å². The Balaban J connectivity index is 1.74. The van der Waals surface area contributed by atoms with Crippen LogP contribution in [0.4, 0.5) is 0 Å². The van der Waals surface area contributed by atoms with Gasteiger partial charge in [0.15, 0.2) is 0 Å². The summed E-state index contributed by atoms with van der Waals surface area (Å²) < 4.78 is 11.5. The van der Waals surface area contributed by atoms with Gasteiger partial charge in [0.2, 0.25) is 0 Å². The molecule has 1 atom stereocenters. The largest absolute Gasteiger partial charge is 0.493 e. The quantitative estimate of drug-likeness (QED) is 0.510. The predicted molar refractivity (Wildman–Crippen MR) is 116 cm³/mol. The number of hydrogen-bond donors (Lipinski definition) is 1. The second-order valence-corrected chi connectivity index (χ2v) is 7.04. The fraction of sp³-hybridized carbons (Fsp3) is 0.208. The third-order valence-corrected chi connectivity index (χ3v) is 4.73. The summed E-state index contributed by atoms with van der Waals surface area (Å²) in [5.41, 5.74) is 2.37. The molecule has 0 aromatic heterocycles. The third-order valence-electron chi connectivity index (χ3n) is 4.48. The maximum atomic E-state index is 12.8. The van der Waals surface area contributed by atoms with Crippen molar-refractivity contribution in [2.45, 2.75) is 26.5 Å². The summed E-state index contributed by atoms with van der Waals surface area (Å²) >= 11 is 5.94. The van der Waals surface area contributed by atoms with Crippen LogP contribution in [-0.4, -0.2) is 12.5 Å². The third kappa shape index (κ3) is 5.75. The summed E-state index contributed by atoms with van der Waals surface area (Å²) in [5, 5.41) is 3.69. The first-order valence-electron chi connectivity index (χ1n) is 9.56. The molecule has 0 aliphatic carbocycles. The van der Waals surface area contributed by atoms with Crippen LogP contribution in [-0.2, 0) is 6.61 Å². The topological polar surface area (TPSA) is 47.6 Å². The predicted octanol–water partition coefficient (Wildman–Crippen LogP) is 5.81. The van der Waals surface area contributed by atoms with Crippen molar-refractivity contribution < 1.29 is 14.3 Å². The highest BCUT2D eigenvalue weighted by molar-refractivity contribution is 6.30. The smallest absolute Gasteiger partial charge is 0.251 e. The van der Waals surface area contributed by atoms with Crippen LogP contribution in [0.3, 0.4) is 0 Å². The van der Waals surface area contributed by atoms with E-state index in [1.165, 1.54) is 0 Å². The van der Waals surface area contributed by atoms with Crippen LogP contribution in [0.15, 0.2) is 72.8 Å². The van der Waals surface area contributed by atoms with Crippen molar-refractivity contribution in [1.82, 2.24) is 5.32 Å². The van der Waals surface area contributed by atoms with E-state index < -0.39 is 0 Å². The Labute approximate surface area is 176 Å². The number of amides is 1. The van der Waals surface area contributed by atoms with Crippen LogP contribution >= 0.6 is 11.6 Å². The van der Waals surface area contributed by atoms with Crippen LogP contribution in [0, 0.1) is 0 Å². The first-order valence-corrected chi connectivity index (χ1v) is 9.94. The van der Waals surface area contributed by atoms with Gasteiger partial charge in [0.25, 0.3) is 5.91 Å². The molecule has 3 aromatic rings. The lowest BCUT2D eigenvalue weighted by atomic mass is 10.1. The van der Waals surface area contributed by atoms with E-state index in [9.17, 15) is 4.79 Å². The van der Waals surface area contributed by atoms with E-state index in [2.05, 4.69) is 5.32 Å². The van der Waals surface area contributed by atoms with E-state index in [4.69, 9.17) is 21.1 Å². The molecule has 0 saturated carbocycles. The van der Waals surface area contributed by atoms with Gasteiger partial charge in [0.1, 0.15) is 18.1 Å². The molecule has 0 saturated heterocycles. The molecule has 0 radical (unpaired) electrons. The summed E-state index contributed by atoms with van der Waals surface area (Å²) in [6.07, 6.45) is 0. The molecule has 3 rings (SSSR count). The highest BCUT2D eigenvalue weighted by Gasteiger charge is 2.14. The van der Waals surface area contributed by atoms with E-state index in [1.807, 2.05) is 80.6 Å². The molecule has 0 unspecified atom stereocenters. The lowest BCUT2D eigenvalue weighted by Crippen LogP contribution is -2.26. The standard InChI is InChI=1S/C24H24ClNO3/c1-3-28-23-14-11-19(15-20(23)16-29-22-7-5-4-6-8-22)24(27)26-17(2)18-9-12-21(25)13-10-18/h4-15,17H,3,16H2,1-2H3,(H,26,27)/t17-/m1/s1. The molecule has 0 spiro atoms. The minimum Gasteiger partial charge on any atom is -0.493 e. The fourth-order valence-corrected chi connectivity index (χ4v) is 3.05. The number of carbonyl (C=O) groups is 1. The molecule has 4 nitrogen and oxygen atoms in total. The molecular weight excluding hydrogens is 386 g/mol. The first-order chi connectivity index (χ1) is 14.1. The Morgan fingerprint density at radius 3 is 2.41 bits per heavy atom. The van der Waals surface area contributed by atoms with Crippen molar-refractivity contribution in [3.05, 3.63) is 94.5 Å². The molecule has 3 aromatic carbocycles. The monoisotopic (exact) mass is 409 g/mol. The molecule has 150 valence electrons. The van der Waals surface area contributed by atoms with Gasteiger partial charge in [-0.05, 0) is 61.9 Å². The fourth-order valence-electron chi connectivity index (χ4n) is 2.92. The number of rotatable bonds is 8. The van der Waals surface area contributed by atoms with Crippen LogP contribution in [0.1, 0.15) is 41.4 Å². The van der Waals surface area contributed by atoms with E-state index in [1.54, 1.807) is 6.07 Å². The average molecular weight is 410 g/mol. The Kier molecular flexibility index (Phi) is 7.14. The highest BCUT2D eigenvalue weighted by Crippen LogP contribution is 2.23. The van der Waals surface area contributed by atoms with Crippen molar-refractivity contribution in [3.63, 3.8) is 0 Å². The average Bonchev–Trinajstić information content (AvgIpc) is 2.74. The Hall–Kier alpha value is -2.98. The Morgan fingerprint density at radius 1 is 1.00 bits per heavy atom. The van der Waals surface area contributed by atoms with Crippen molar-refractivity contribution in [3.8, 4) is 11.5 Å². The summed E-state index contributed by atoms with van der Waals surface area (Å²) in [4.78, 5) is 12.8. The molecule has 0 bridgehead atoms. The number of halogens is 1. The maximum absolute atomic E-state index is 12.8. The van der Waals surface area contributed by atoms with Crippen LogP contribution < -0.4 is 14.8 Å². The molecule has 0 fully saturated rings. The normalized spacial score (nSPS) is 11.6. The van der Waals surface area contributed by atoms with Crippen molar-refractivity contribution >= 4 is 17.5 Å². The van der Waals surface area contributed by atoms with E-state index in [0.717, 1.165) is 16.9 Å². The van der Waals surface area contributed by atoms with Gasteiger partial charge in [-0.1, -0.05) is 41.9 Å². The number of nitrogens with one attached hydrogen (secondary N) is 1. The molecule has 1 N–H and O–H groups in total. The summed E-state index contributed by atoms with van der Waals surface area (Å²) in [7, 11) is 0. The first kappa shape index (κ1) is 20.7. The van der Waals surface area contributed by atoms with E-state index in [0.29, 0.717) is 29.5 Å². The SMILES string of the molecule is CCOc1ccc(C(=O)N[C@H](C)c2ccc(Cl)cc2)cc1COc1ccccc1. The number of para-hydroxylation sites is 1. The lowest BCUT2D eigenvalue weighted by Gasteiger charge is -2.16. The Morgan fingerprint density at radius 2 is 1.72 bits per heavy atom. The zero-order chi connectivity index (χ0) is 20.6. The zero-order valence-electron chi connectivity index (χ0n) is 16.5. The zero-order valence-corrected chi connectivity index (χ0v) is 17.3. The van der Waals surface area contributed by atoms with Crippen molar-refractivity contribution in [2.75, 3.05) is 6.61 Å². The second kappa shape index (κ2) is 9.99. The van der Waals surface area contributed by atoms with Crippen molar-refractivity contribution in [2.24, 2.45) is 0 Å². The van der Waals surface area contributed by atoms with Gasteiger partial charge in [-0.15, -0.1) is 0 Å².